The first-order valence-electron chi connectivity index (χ1n) is 7.87. The molecule has 0 bridgehead atoms. The van der Waals surface area contributed by atoms with E-state index in [0.717, 1.165) is 0 Å². The van der Waals surface area contributed by atoms with Crippen LogP contribution >= 0.6 is 0 Å². The van der Waals surface area contributed by atoms with E-state index in [2.05, 4.69) is 79.5 Å². The first-order chi connectivity index (χ1) is 8.46. The second-order valence-corrected chi connectivity index (χ2v) is 22.2. The molecule has 19 heavy (non-hydrogen) atoms. The van der Waals surface area contributed by atoms with Gasteiger partial charge in [-0.2, -0.15) is 0 Å². The molecule has 0 radical (unpaired) electrons. The van der Waals surface area contributed by atoms with Crippen molar-refractivity contribution in [1.29, 1.82) is 0 Å². The molecule has 1 atom stereocenters. The van der Waals surface area contributed by atoms with E-state index in [4.69, 9.17) is 0 Å². The molecule has 0 spiro atoms. The van der Waals surface area contributed by atoms with Gasteiger partial charge in [0.2, 0.25) is 0 Å². The summed E-state index contributed by atoms with van der Waals surface area (Å²) in [5, 5.41) is 2.12. The third kappa shape index (κ3) is 3.82. The fourth-order valence-electron chi connectivity index (χ4n) is 3.12. The number of hydrogen-bond donors (Lipinski definition) is 1. The van der Waals surface area contributed by atoms with Crippen LogP contribution in [0.1, 0.15) is 61.8 Å². The van der Waals surface area contributed by atoms with Gasteiger partial charge in [0.05, 0.1) is 7.59 Å². The second kappa shape index (κ2) is 6.73. The van der Waals surface area contributed by atoms with Crippen molar-refractivity contribution in [3.8, 4) is 0 Å². The summed E-state index contributed by atoms with van der Waals surface area (Å²) in [4.78, 5) is 4.12. The first-order valence-corrected chi connectivity index (χ1v) is 14.1. The third-order valence-electron chi connectivity index (χ3n) is 5.21. The van der Waals surface area contributed by atoms with Crippen molar-refractivity contribution in [2.24, 2.45) is 0 Å². The van der Waals surface area contributed by atoms with Crippen molar-refractivity contribution in [3.05, 3.63) is 11.3 Å². The van der Waals surface area contributed by atoms with Crippen molar-refractivity contribution in [2.45, 2.75) is 92.0 Å². The SMILES string of the molecule is C/C=C(\C)[Si](CCC)(NC(C)C)[Si](C)(C)C(C)(C)C. The average Bonchev–Trinajstić information content (AvgIpc) is 2.24. The van der Waals surface area contributed by atoms with Gasteiger partial charge in [0.15, 0.2) is 0 Å². The predicted molar refractivity (Wildman–Crippen MR) is 95.8 cm³/mol. The molecule has 0 fully saturated rings. The number of allylic oxidation sites excluding steroid dienone is 2. The zero-order valence-electron chi connectivity index (χ0n) is 15.1. The van der Waals surface area contributed by atoms with E-state index in [-0.39, 0.29) is 0 Å². The summed E-state index contributed by atoms with van der Waals surface area (Å²) in [5.41, 5.74) is 0. The lowest BCUT2D eigenvalue weighted by Gasteiger charge is -2.53. The number of rotatable bonds is 6. The minimum atomic E-state index is -1.58. The molecule has 1 N–H and O–H groups in total. The summed E-state index contributed by atoms with van der Waals surface area (Å²) >= 11 is 0. The van der Waals surface area contributed by atoms with Crippen LogP contribution in [0.3, 0.4) is 0 Å². The van der Waals surface area contributed by atoms with Crippen molar-refractivity contribution < 1.29 is 0 Å². The second-order valence-electron chi connectivity index (χ2n) is 7.80. The maximum Gasteiger partial charge on any atom is 0.142 e. The van der Waals surface area contributed by atoms with Crippen LogP contribution in [0.15, 0.2) is 11.3 Å². The summed E-state index contributed by atoms with van der Waals surface area (Å²) in [5.74, 6) is 0. The molecule has 1 nitrogen and oxygen atoms in total. The minimum Gasteiger partial charge on any atom is -0.334 e. The number of hydrogen-bond acceptors (Lipinski definition) is 1. The maximum absolute atomic E-state index is 4.12. The molecule has 0 heterocycles. The molecule has 3 heteroatoms. The molecule has 0 saturated heterocycles. The molecule has 0 aliphatic rings. The zero-order chi connectivity index (χ0) is 15.5. The highest BCUT2D eigenvalue weighted by Crippen LogP contribution is 2.45. The van der Waals surface area contributed by atoms with E-state index in [1.807, 2.05) is 0 Å². The van der Waals surface area contributed by atoms with Crippen LogP contribution in [-0.2, 0) is 0 Å². The molecule has 0 rings (SSSR count). The molecule has 0 aromatic rings. The Labute approximate surface area is 124 Å². The van der Waals surface area contributed by atoms with E-state index in [1.165, 1.54) is 12.5 Å². The van der Waals surface area contributed by atoms with Gasteiger partial charge in [-0.15, -0.1) is 0 Å². The third-order valence-corrected chi connectivity index (χ3v) is 26.1. The smallest absolute Gasteiger partial charge is 0.142 e. The van der Waals surface area contributed by atoms with Gasteiger partial charge in [-0.25, -0.2) is 0 Å². The van der Waals surface area contributed by atoms with Gasteiger partial charge in [-0.1, -0.05) is 72.3 Å². The molecule has 0 aromatic carbocycles. The van der Waals surface area contributed by atoms with Gasteiger partial charge in [-0.05, 0) is 31.0 Å². The molecular formula is C16H37NSi2. The van der Waals surface area contributed by atoms with Gasteiger partial charge in [0.25, 0.3) is 0 Å². The average molecular weight is 300 g/mol. The normalized spacial score (nSPS) is 17.7. The van der Waals surface area contributed by atoms with Crippen LogP contribution in [0.5, 0.6) is 0 Å². The van der Waals surface area contributed by atoms with Crippen molar-refractivity contribution in [3.63, 3.8) is 0 Å². The largest absolute Gasteiger partial charge is 0.334 e. The summed E-state index contributed by atoms with van der Waals surface area (Å²) in [6, 6.07) is 1.97. The Kier molecular flexibility index (Phi) is 6.77. The molecule has 0 aliphatic carbocycles. The molecule has 0 saturated carbocycles. The first kappa shape index (κ1) is 19.1. The van der Waals surface area contributed by atoms with Gasteiger partial charge in [-0.3, -0.25) is 0 Å². The van der Waals surface area contributed by atoms with E-state index < -0.39 is 15.3 Å². The van der Waals surface area contributed by atoms with Gasteiger partial charge in [0, 0.05) is 0 Å². The highest BCUT2D eigenvalue weighted by atomic mass is 29.3. The summed E-state index contributed by atoms with van der Waals surface area (Å²) in [6.07, 6.45) is 3.68. The van der Waals surface area contributed by atoms with Crippen LogP contribution in [0.4, 0.5) is 0 Å². The lowest BCUT2D eigenvalue weighted by molar-refractivity contribution is 0.705. The van der Waals surface area contributed by atoms with E-state index in [9.17, 15) is 0 Å². The molecule has 1 unspecified atom stereocenters. The quantitative estimate of drug-likeness (QED) is 0.645. The molecular weight excluding hydrogens is 262 g/mol. The van der Waals surface area contributed by atoms with Crippen LogP contribution < -0.4 is 4.98 Å². The summed E-state index contributed by atoms with van der Waals surface area (Å²) in [6.45, 7) is 24.2. The minimum absolute atomic E-state index is 0.445. The highest BCUT2D eigenvalue weighted by Gasteiger charge is 2.55. The van der Waals surface area contributed by atoms with E-state index in [1.54, 1.807) is 5.20 Å². The summed E-state index contributed by atoms with van der Waals surface area (Å²) in [7, 11) is -2.97. The lowest BCUT2D eigenvalue weighted by Crippen LogP contribution is -2.74. The van der Waals surface area contributed by atoms with E-state index >= 15 is 0 Å². The Balaban J connectivity index is 5.98. The lowest BCUT2D eigenvalue weighted by atomic mass is 10.2. The van der Waals surface area contributed by atoms with Crippen molar-refractivity contribution in [2.75, 3.05) is 0 Å². The monoisotopic (exact) mass is 299 g/mol. The van der Waals surface area contributed by atoms with Gasteiger partial charge < -0.3 is 4.98 Å². The molecule has 0 aliphatic heterocycles. The van der Waals surface area contributed by atoms with Crippen LogP contribution in [0.2, 0.25) is 24.2 Å². The Morgan fingerprint density at radius 3 is 1.95 bits per heavy atom. The standard InChI is InChI=1S/C16H37NSi2/c1-11-13-19(15(5)12-2,17-14(3)4)18(9,10)16(6,7)8/h12,14,17H,11,13H2,1-10H3/b15-12+. The molecule has 0 amide bonds. The Hall–Kier alpha value is 0.134. The predicted octanol–water partition coefficient (Wildman–Crippen LogP) is 5.43. The molecule has 114 valence electrons. The summed E-state index contributed by atoms with van der Waals surface area (Å²) < 4.78 is 0. The van der Waals surface area contributed by atoms with Crippen LogP contribution in [0.25, 0.3) is 0 Å². The Morgan fingerprint density at radius 2 is 1.68 bits per heavy atom. The zero-order valence-corrected chi connectivity index (χ0v) is 17.1. The number of nitrogens with one attached hydrogen (secondary N) is 1. The Morgan fingerprint density at radius 1 is 1.21 bits per heavy atom. The van der Waals surface area contributed by atoms with Gasteiger partial charge >= 0.3 is 0 Å². The highest BCUT2D eigenvalue weighted by molar-refractivity contribution is 7.44. The van der Waals surface area contributed by atoms with Crippen molar-refractivity contribution in [1.82, 2.24) is 4.98 Å². The fraction of sp³-hybridized carbons (Fsp3) is 0.875. The van der Waals surface area contributed by atoms with Gasteiger partial charge in [0.1, 0.15) is 7.75 Å². The van der Waals surface area contributed by atoms with E-state index in [0.29, 0.717) is 11.1 Å². The van der Waals surface area contributed by atoms with Crippen molar-refractivity contribution >= 4 is 15.3 Å². The van der Waals surface area contributed by atoms with Crippen LogP contribution in [-0.4, -0.2) is 21.4 Å². The van der Waals surface area contributed by atoms with Crippen LogP contribution in [0, 0.1) is 0 Å². The fourth-order valence-corrected chi connectivity index (χ4v) is 21.2. The Bertz CT molecular complexity index is 313. The maximum atomic E-state index is 4.12. The topological polar surface area (TPSA) is 12.0 Å². The molecule has 0 aromatic heterocycles.